The van der Waals surface area contributed by atoms with Gasteiger partial charge in [-0.05, 0) is 18.5 Å². The summed E-state index contributed by atoms with van der Waals surface area (Å²) in [5, 5.41) is 7.69. The summed E-state index contributed by atoms with van der Waals surface area (Å²) >= 11 is 0. The van der Waals surface area contributed by atoms with E-state index < -0.39 is 0 Å². The molecule has 5 nitrogen and oxygen atoms in total. The first-order valence-electron chi connectivity index (χ1n) is 6.28. The van der Waals surface area contributed by atoms with Crippen LogP contribution in [0.2, 0.25) is 0 Å². The molecule has 2 rings (SSSR count). The highest BCUT2D eigenvalue weighted by Crippen LogP contribution is 2.12. The third-order valence-corrected chi connectivity index (χ3v) is 2.68. The molecular formula is C13H19N5. The minimum atomic E-state index is 0.416. The van der Waals surface area contributed by atoms with Gasteiger partial charge in [-0.15, -0.1) is 0 Å². The molecule has 0 amide bonds. The molecule has 0 unspecified atom stereocenters. The maximum atomic E-state index is 4.45. The fourth-order valence-electron chi connectivity index (χ4n) is 1.58. The molecule has 0 atom stereocenters. The van der Waals surface area contributed by atoms with Crippen LogP contribution in [-0.4, -0.2) is 26.3 Å². The fourth-order valence-corrected chi connectivity index (χ4v) is 1.58. The Morgan fingerprint density at radius 1 is 1.28 bits per heavy atom. The van der Waals surface area contributed by atoms with E-state index in [4.69, 9.17) is 0 Å². The predicted molar refractivity (Wildman–Crippen MR) is 70.6 cm³/mol. The second kappa shape index (κ2) is 5.73. The predicted octanol–water partition coefficient (Wildman–Crippen LogP) is 1.90. The Morgan fingerprint density at radius 3 is 2.56 bits per heavy atom. The molecule has 0 fully saturated rings. The van der Waals surface area contributed by atoms with Gasteiger partial charge in [0.2, 0.25) is 5.95 Å². The number of hydrogen-bond donors (Lipinski definition) is 1. The SMILES string of the molecule is CCNCc1cnc(-n2ccc(C(C)C)n2)nc1. The van der Waals surface area contributed by atoms with Crippen LogP contribution in [0, 0.1) is 0 Å². The van der Waals surface area contributed by atoms with Crippen molar-refractivity contribution >= 4 is 0 Å². The zero-order chi connectivity index (χ0) is 13.0. The minimum Gasteiger partial charge on any atom is -0.313 e. The van der Waals surface area contributed by atoms with Gasteiger partial charge in [-0.2, -0.15) is 5.10 Å². The van der Waals surface area contributed by atoms with Crippen LogP contribution in [0.5, 0.6) is 0 Å². The van der Waals surface area contributed by atoms with Crippen molar-refractivity contribution < 1.29 is 0 Å². The van der Waals surface area contributed by atoms with E-state index in [1.165, 1.54) is 0 Å². The van der Waals surface area contributed by atoms with Gasteiger partial charge in [-0.1, -0.05) is 20.8 Å². The molecule has 2 aromatic rings. The third-order valence-electron chi connectivity index (χ3n) is 2.68. The van der Waals surface area contributed by atoms with Crippen LogP contribution in [0.25, 0.3) is 5.95 Å². The van der Waals surface area contributed by atoms with Gasteiger partial charge in [0, 0.05) is 30.7 Å². The molecule has 0 spiro atoms. The number of nitrogens with one attached hydrogen (secondary N) is 1. The van der Waals surface area contributed by atoms with Gasteiger partial charge in [-0.3, -0.25) is 0 Å². The molecular weight excluding hydrogens is 226 g/mol. The molecule has 0 bridgehead atoms. The van der Waals surface area contributed by atoms with Crippen LogP contribution in [0.3, 0.4) is 0 Å². The second-order valence-electron chi connectivity index (χ2n) is 4.51. The Bertz CT molecular complexity index is 486. The molecule has 0 aliphatic heterocycles. The van der Waals surface area contributed by atoms with Gasteiger partial charge in [0.1, 0.15) is 0 Å². The quantitative estimate of drug-likeness (QED) is 0.874. The Labute approximate surface area is 107 Å². The molecule has 96 valence electrons. The third kappa shape index (κ3) is 2.92. The first-order valence-corrected chi connectivity index (χ1v) is 6.28. The summed E-state index contributed by atoms with van der Waals surface area (Å²) in [7, 11) is 0. The summed E-state index contributed by atoms with van der Waals surface area (Å²) in [5.74, 6) is 1.03. The normalized spacial score (nSPS) is 11.1. The maximum Gasteiger partial charge on any atom is 0.250 e. The lowest BCUT2D eigenvalue weighted by Gasteiger charge is -2.03. The van der Waals surface area contributed by atoms with Crippen molar-refractivity contribution in [3.63, 3.8) is 0 Å². The molecule has 0 radical (unpaired) electrons. The summed E-state index contributed by atoms with van der Waals surface area (Å²) in [6, 6.07) is 2.00. The number of aromatic nitrogens is 4. The van der Waals surface area contributed by atoms with Crippen LogP contribution in [0.15, 0.2) is 24.7 Å². The molecule has 2 heterocycles. The van der Waals surface area contributed by atoms with E-state index in [2.05, 4.69) is 41.2 Å². The van der Waals surface area contributed by atoms with Crippen LogP contribution >= 0.6 is 0 Å². The lowest BCUT2D eigenvalue weighted by Crippen LogP contribution is -2.12. The largest absolute Gasteiger partial charge is 0.313 e. The molecule has 5 heteroatoms. The summed E-state index contributed by atoms with van der Waals surface area (Å²) in [4.78, 5) is 8.65. The van der Waals surface area contributed by atoms with Crippen molar-refractivity contribution in [3.05, 3.63) is 35.9 Å². The number of rotatable bonds is 5. The lowest BCUT2D eigenvalue weighted by molar-refractivity contribution is 0.710. The Morgan fingerprint density at radius 2 is 2.00 bits per heavy atom. The first kappa shape index (κ1) is 12.7. The van der Waals surface area contributed by atoms with Crippen LogP contribution in [0.1, 0.15) is 37.9 Å². The monoisotopic (exact) mass is 245 g/mol. The molecule has 0 saturated heterocycles. The van der Waals surface area contributed by atoms with E-state index in [9.17, 15) is 0 Å². The summed E-state index contributed by atoms with van der Waals surface area (Å²) in [6.45, 7) is 8.05. The maximum absolute atomic E-state index is 4.45. The topological polar surface area (TPSA) is 55.6 Å². The van der Waals surface area contributed by atoms with E-state index >= 15 is 0 Å². The first-order chi connectivity index (χ1) is 8.70. The van der Waals surface area contributed by atoms with Crippen molar-refractivity contribution in [1.29, 1.82) is 0 Å². The number of hydrogen-bond acceptors (Lipinski definition) is 4. The van der Waals surface area contributed by atoms with E-state index in [0.29, 0.717) is 11.9 Å². The zero-order valence-corrected chi connectivity index (χ0v) is 11.1. The average Bonchev–Trinajstić information content (AvgIpc) is 2.87. The summed E-state index contributed by atoms with van der Waals surface area (Å²) < 4.78 is 1.71. The van der Waals surface area contributed by atoms with E-state index in [1.54, 1.807) is 4.68 Å². The van der Waals surface area contributed by atoms with Gasteiger partial charge < -0.3 is 5.32 Å². The van der Waals surface area contributed by atoms with Gasteiger partial charge in [0.25, 0.3) is 0 Å². The molecule has 0 aromatic carbocycles. The van der Waals surface area contributed by atoms with Gasteiger partial charge in [0.05, 0.1) is 5.69 Å². The highest BCUT2D eigenvalue weighted by Gasteiger charge is 2.06. The summed E-state index contributed by atoms with van der Waals surface area (Å²) in [6.07, 6.45) is 5.57. The van der Waals surface area contributed by atoms with Gasteiger partial charge in [-0.25, -0.2) is 14.6 Å². The summed E-state index contributed by atoms with van der Waals surface area (Å²) in [5.41, 5.74) is 2.13. The van der Waals surface area contributed by atoms with E-state index in [1.807, 2.05) is 24.7 Å². The second-order valence-corrected chi connectivity index (χ2v) is 4.51. The average molecular weight is 245 g/mol. The fraction of sp³-hybridized carbons (Fsp3) is 0.462. The van der Waals surface area contributed by atoms with Crippen molar-refractivity contribution in [3.8, 4) is 5.95 Å². The molecule has 2 aromatic heterocycles. The van der Waals surface area contributed by atoms with Gasteiger partial charge in [0.15, 0.2) is 0 Å². The van der Waals surface area contributed by atoms with Crippen molar-refractivity contribution in [1.82, 2.24) is 25.1 Å². The van der Waals surface area contributed by atoms with E-state index in [-0.39, 0.29) is 0 Å². The van der Waals surface area contributed by atoms with Crippen LogP contribution in [-0.2, 0) is 6.54 Å². The smallest absolute Gasteiger partial charge is 0.250 e. The van der Waals surface area contributed by atoms with Crippen LogP contribution < -0.4 is 5.32 Å². The standard InChI is InChI=1S/C13H19N5/c1-4-14-7-11-8-15-13(16-9-11)18-6-5-12(17-18)10(2)3/h5-6,8-10,14H,4,7H2,1-3H3. The highest BCUT2D eigenvalue weighted by molar-refractivity contribution is 5.16. The Hall–Kier alpha value is -1.75. The Balaban J connectivity index is 2.12. The molecule has 0 saturated carbocycles. The van der Waals surface area contributed by atoms with Crippen LogP contribution in [0.4, 0.5) is 0 Å². The number of nitrogens with zero attached hydrogens (tertiary/aromatic N) is 4. The van der Waals surface area contributed by atoms with Crippen molar-refractivity contribution in [2.24, 2.45) is 0 Å². The molecule has 0 aliphatic rings. The molecule has 0 aliphatic carbocycles. The van der Waals surface area contributed by atoms with E-state index in [0.717, 1.165) is 24.3 Å². The zero-order valence-electron chi connectivity index (χ0n) is 11.1. The van der Waals surface area contributed by atoms with Gasteiger partial charge >= 0.3 is 0 Å². The minimum absolute atomic E-state index is 0.416. The lowest BCUT2D eigenvalue weighted by atomic mass is 10.1. The molecule has 18 heavy (non-hydrogen) atoms. The molecule has 1 N–H and O–H groups in total. The Kier molecular flexibility index (Phi) is 4.04. The highest BCUT2D eigenvalue weighted by atomic mass is 15.3. The van der Waals surface area contributed by atoms with Crippen molar-refractivity contribution in [2.75, 3.05) is 6.54 Å². The van der Waals surface area contributed by atoms with Crippen molar-refractivity contribution in [2.45, 2.75) is 33.2 Å².